The van der Waals surface area contributed by atoms with E-state index in [1.165, 1.54) is 6.07 Å². The van der Waals surface area contributed by atoms with E-state index in [1.54, 1.807) is 24.3 Å². The molecule has 19 heavy (non-hydrogen) atoms. The Morgan fingerprint density at radius 3 is 2.63 bits per heavy atom. The number of aromatic carboxylic acids is 1. The predicted octanol–water partition coefficient (Wildman–Crippen LogP) is 0.0529. The number of hydrogen-bond donors (Lipinski definition) is 3. The van der Waals surface area contributed by atoms with Crippen LogP contribution in [0.4, 0.5) is 0 Å². The summed E-state index contributed by atoms with van der Waals surface area (Å²) in [7, 11) is 0. The minimum Gasteiger partial charge on any atom is -0.477 e. The lowest BCUT2D eigenvalue weighted by atomic mass is 10.1. The Labute approximate surface area is 108 Å². The monoisotopic (exact) mass is 263 g/mol. The highest BCUT2D eigenvalue weighted by atomic mass is 16.4. The van der Waals surface area contributed by atoms with Crippen LogP contribution >= 0.6 is 0 Å². The van der Waals surface area contributed by atoms with E-state index in [2.05, 4.69) is 0 Å². The maximum atomic E-state index is 12.2. The van der Waals surface area contributed by atoms with Gasteiger partial charge in [-0.3, -0.25) is 9.36 Å². The lowest BCUT2D eigenvalue weighted by Crippen LogP contribution is -2.32. The fourth-order valence-electron chi connectivity index (χ4n) is 1.92. The first kappa shape index (κ1) is 13.3. The average Bonchev–Trinajstić information content (AvgIpc) is 2.41. The van der Waals surface area contributed by atoms with Gasteiger partial charge in [0.15, 0.2) is 0 Å². The Bertz CT molecular complexity index is 676. The summed E-state index contributed by atoms with van der Waals surface area (Å²) in [4.78, 5) is 23.4. The molecule has 3 N–H and O–H groups in total. The fourth-order valence-corrected chi connectivity index (χ4v) is 1.92. The van der Waals surface area contributed by atoms with Crippen molar-refractivity contribution in [1.29, 1.82) is 0 Å². The molecule has 0 aliphatic carbocycles. The predicted molar refractivity (Wildman–Crippen MR) is 68.3 cm³/mol. The van der Waals surface area contributed by atoms with Gasteiger partial charge >= 0.3 is 5.97 Å². The quantitative estimate of drug-likeness (QED) is 0.724. The molecule has 0 saturated heterocycles. The highest BCUT2D eigenvalue weighted by Gasteiger charge is 2.16. The molecule has 2 rings (SSSR count). The fraction of sp³-hybridized carbons (Fsp3) is 0.231. The topological polar surface area (TPSA) is 99.8 Å². The van der Waals surface area contributed by atoms with Crippen molar-refractivity contribution in [1.82, 2.24) is 4.57 Å². The van der Waals surface area contributed by atoms with E-state index in [4.69, 9.17) is 10.2 Å². The van der Waals surface area contributed by atoms with E-state index < -0.39 is 24.2 Å². The molecule has 0 saturated carbocycles. The van der Waals surface area contributed by atoms with E-state index in [-0.39, 0.29) is 12.2 Å². The number of fused-ring (bicyclic) bond motifs is 1. The summed E-state index contributed by atoms with van der Waals surface area (Å²) < 4.78 is 0.964. The van der Waals surface area contributed by atoms with Crippen LogP contribution in [0.5, 0.6) is 0 Å². The lowest BCUT2D eigenvalue weighted by molar-refractivity contribution is 0.0649. The molecule has 0 radical (unpaired) electrons. The van der Waals surface area contributed by atoms with Crippen molar-refractivity contribution in [2.75, 3.05) is 6.61 Å². The number of hydrogen-bond acceptors (Lipinski definition) is 4. The third-order valence-corrected chi connectivity index (χ3v) is 2.84. The van der Waals surface area contributed by atoms with Gasteiger partial charge in [0.2, 0.25) is 0 Å². The van der Waals surface area contributed by atoms with Gasteiger partial charge in [0.1, 0.15) is 5.69 Å². The molecule has 6 nitrogen and oxygen atoms in total. The molecule has 0 bridgehead atoms. The molecule has 6 heteroatoms. The first-order valence-electron chi connectivity index (χ1n) is 5.69. The number of aromatic nitrogens is 1. The molecular weight excluding hydrogens is 250 g/mol. The summed E-state index contributed by atoms with van der Waals surface area (Å²) in [6.45, 7) is -0.805. The number of carbonyl (C=O) groups is 1. The Balaban J connectivity index is 2.71. The molecule has 0 aliphatic heterocycles. The van der Waals surface area contributed by atoms with Crippen LogP contribution in [0.25, 0.3) is 10.8 Å². The van der Waals surface area contributed by atoms with Gasteiger partial charge in [-0.25, -0.2) is 4.79 Å². The van der Waals surface area contributed by atoms with Crippen LogP contribution in [0.3, 0.4) is 0 Å². The highest BCUT2D eigenvalue weighted by Crippen LogP contribution is 2.12. The zero-order valence-corrected chi connectivity index (χ0v) is 9.98. The number of aliphatic hydroxyl groups is 2. The van der Waals surface area contributed by atoms with Crippen LogP contribution in [-0.4, -0.2) is 38.6 Å². The standard InChI is InChI=1S/C13H13NO5/c15-7-9(16)6-14-11(13(18)19)5-8-3-1-2-4-10(8)12(14)17/h1-5,9,15-16H,6-7H2,(H,18,19). The molecule has 1 heterocycles. The second-order valence-corrected chi connectivity index (χ2v) is 4.17. The van der Waals surface area contributed by atoms with Crippen LogP contribution in [0.1, 0.15) is 10.5 Å². The van der Waals surface area contributed by atoms with Gasteiger partial charge in [0.05, 0.1) is 19.3 Å². The molecule has 1 unspecified atom stereocenters. The van der Waals surface area contributed by atoms with E-state index in [0.717, 1.165) is 4.57 Å². The summed E-state index contributed by atoms with van der Waals surface area (Å²) in [5.41, 5.74) is -0.709. The van der Waals surface area contributed by atoms with Crippen LogP contribution in [0, 0.1) is 0 Å². The molecule has 0 aliphatic rings. The Kier molecular flexibility index (Phi) is 3.64. The summed E-state index contributed by atoms with van der Waals surface area (Å²) in [6, 6.07) is 8.00. The van der Waals surface area contributed by atoms with Gasteiger partial charge in [-0.2, -0.15) is 0 Å². The van der Waals surface area contributed by atoms with Crippen molar-refractivity contribution in [3.05, 3.63) is 46.4 Å². The summed E-state index contributed by atoms with van der Waals surface area (Å²) >= 11 is 0. The zero-order valence-electron chi connectivity index (χ0n) is 9.98. The van der Waals surface area contributed by atoms with Crippen molar-refractivity contribution in [2.45, 2.75) is 12.6 Å². The summed E-state index contributed by atoms with van der Waals surface area (Å²) in [5, 5.41) is 28.3. The van der Waals surface area contributed by atoms with Gasteiger partial charge < -0.3 is 15.3 Å². The molecule has 2 aromatic rings. The van der Waals surface area contributed by atoms with Gasteiger partial charge in [0.25, 0.3) is 5.56 Å². The SMILES string of the molecule is O=C(O)c1cc2ccccc2c(=O)n1CC(O)CO. The second-order valence-electron chi connectivity index (χ2n) is 4.17. The summed E-state index contributed by atoms with van der Waals surface area (Å²) in [5.74, 6) is -1.26. The zero-order chi connectivity index (χ0) is 14.0. The van der Waals surface area contributed by atoms with Gasteiger partial charge in [-0.1, -0.05) is 18.2 Å². The number of carboxylic acids is 1. The number of rotatable bonds is 4. The lowest BCUT2D eigenvalue weighted by Gasteiger charge is -2.14. The Hall–Kier alpha value is -2.18. The van der Waals surface area contributed by atoms with Crippen molar-refractivity contribution in [2.24, 2.45) is 0 Å². The second kappa shape index (κ2) is 5.21. The van der Waals surface area contributed by atoms with Crippen molar-refractivity contribution in [3.63, 3.8) is 0 Å². The highest BCUT2D eigenvalue weighted by molar-refractivity contribution is 5.92. The van der Waals surface area contributed by atoms with Crippen LogP contribution < -0.4 is 5.56 Å². The van der Waals surface area contributed by atoms with E-state index in [1.807, 2.05) is 0 Å². The molecule has 0 amide bonds. The molecule has 1 atom stereocenters. The van der Waals surface area contributed by atoms with E-state index in [9.17, 15) is 14.7 Å². The first-order chi connectivity index (χ1) is 9.04. The van der Waals surface area contributed by atoms with Crippen molar-refractivity contribution in [3.8, 4) is 0 Å². The molecule has 1 aromatic heterocycles. The third-order valence-electron chi connectivity index (χ3n) is 2.84. The van der Waals surface area contributed by atoms with Crippen molar-refractivity contribution >= 4 is 16.7 Å². The molecule has 0 fully saturated rings. The molecule has 1 aromatic carbocycles. The molecule has 0 spiro atoms. The summed E-state index contributed by atoms with van der Waals surface area (Å²) in [6.07, 6.45) is -1.18. The average molecular weight is 263 g/mol. The molecular formula is C13H13NO5. The van der Waals surface area contributed by atoms with Gasteiger partial charge in [-0.15, -0.1) is 0 Å². The number of nitrogens with zero attached hydrogens (tertiary/aromatic N) is 1. The normalized spacial score (nSPS) is 12.5. The minimum atomic E-state index is -1.26. The van der Waals surface area contributed by atoms with Crippen molar-refractivity contribution < 1.29 is 20.1 Å². The van der Waals surface area contributed by atoms with Gasteiger partial charge in [0, 0.05) is 5.39 Å². The largest absolute Gasteiger partial charge is 0.477 e. The number of aliphatic hydroxyl groups excluding tert-OH is 2. The maximum absolute atomic E-state index is 12.2. The smallest absolute Gasteiger partial charge is 0.352 e. The number of pyridine rings is 1. The van der Waals surface area contributed by atoms with Crippen LogP contribution in [0.15, 0.2) is 35.1 Å². The number of carboxylic acid groups (broad SMARTS) is 1. The first-order valence-corrected chi connectivity index (χ1v) is 5.69. The van der Waals surface area contributed by atoms with E-state index >= 15 is 0 Å². The third kappa shape index (κ3) is 2.49. The van der Waals surface area contributed by atoms with Crippen LogP contribution in [0.2, 0.25) is 0 Å². The van der Waals surface area contributed by atoms with Crippen LogP contribution in [-0.2, 0) is 6.54 Å². The van der Waals surface area contributed by atoms with Gasteiger partial charge in [-0.05, 0) is 17.5 Å². The minimum absolute atomic E-state index is 0.212. The molecule has 100 valence electrons. The number of benzene rings is 1. The Morgan fingerprint density at radius 2 is 2.00 bits per heavy atom. The maximum Gasteiger partial charge on any atom is 0.352 e. The Morgan fingerprint density at radius 1 is 1.32 bits per heavy atom. The van der Waals surface area contributed by atoms with E-state index in [0.29, 0.717) is 10.8 Å².